The predicted molar refractivity (Wildman–Crippen MR) is 146 cm³/mol. The first kappa shape index (κ1) is 26.1. The second-order valence-electron chi connectivity index (χ2n) is 10.8. The summed E-state index contributed by atoms with van der Waals surface area (Å²) in [6, 6.07) is 18.4. The van der Waals surface area contributed by atoms with Crippen LogP contribution in [0.2, 0.25) is 0 Å². The molecule has 7 nitrogen and oxygen atoms in total. The Morgan fingerprint density at radius 3 is 2.50 bits per heavy atom. The van der Waals surface area contributed by atoms with E-state index in [1.165, 1.54) is 5.56 Å². The summed E-state index contributed by atoms with van der Waals surface area (Å²) in [7, 11) is 3.63. The summed E-state index contributed by atoms with van der Waals surface area (Å²) < 4.78 is 11.3. The number of methoxy groups -OCH3 is 1. The Morgan fingerprint density at radius 1 is 1.13 bits per heavy atom. The zero-order valence-corrected chi connectivity index (χ0v) is 22.3. The van der Waals surface area contributed by atoms with Crippen LogP contribution in [0.4, 0.5) is 0 Å². The third-order valence-corrected chi connectivity index (χ3v) is 8.14. The molecule has 1 aromatic heterocycles. The van der Waals surface area contributed by atoms with E-state index in [1.54, 1.807) is 7.11 Å². The molecule has 2 atom stereocenters. The number of likely N-dealkylation sites (N-methyl/N-ethyl adjacent to an activating group) is 1. The van der Waals surface area contributed by atoms with Gasteiger partial charge in [0.25, 0.3) is 5.89 Å². The van der Waals surface area contributed by atoms with Gasteiger partial charge in [-0.3, -0.25) is 9.69 Å². The van der Waals surface area contributed by atoms with Crippen molar-refractivity contribution in [2.45, 2.75) is 50.6 Å². The minimum absolute atomic E-state index is 0.171. The second-order valence-corrected chi connectivity index (χ2v) is 10.8. The standard InChI is InChI=1S/C31H35N3O4/c1-30(21-37-3)19-25(15-16-26(30)23-9-5-4-6-10-23)28-32-27(33-38-28)24-13-11-22(12-14-24)20-34(2)31(29(35)36)17-7-8-18-31/h4-6,9-16,19,26H,7-8,17-18,20-21H2,1-3H3,(H,35,36). The highest BCUT2D eigenvalue weighted by molar-refractivity contribution is 5.79. The smallest absolute Gasteiger partial charge is 0.324 e. The molecular weight excluding hydrogens is 478 g/mol. The summed E-state index contributed by atoms with van der Waals surface area (Å²) in [5.41, 5.74) is 2.98. The minimum atomic E-state index is -0.765. The Balaban J connectivity index is 1.32. The Hall–Kier alpha value is -3.55. The van der Waals surface area contributed by atoms with Crippen molar-refractivity contribution >= 4 is 11.5 Å². The van der Waals surface area contributed by atoms with Gasteiger partial charge in [0.05, 0.1) is 6.61 Å². The van der Waals surface area contributed by atoms with Crippen molar-refractivity contribution in [2.75, 3.05) is 20.8 Å². The van der Waals surface area contributed by atoms with Gasteiger partial charge in [-0.05, 0) is 31.0 Å². The highest BCUT2D eigenvalue weighted by atomic mass is 16.5. The Morgan fingerprint density at radius 2 is 1.84 bits per heavy atom. The lowest BCUT2D eigenvalue weighted by molar-refractivity contribution is -0.150. The molecule has 2 aromatic carbocycles. The van der Waals surface area contributed by atoms with Crippen molar-refractivity contribution in [3.63, 3.8) is 0 Å². The van der Waals surface area contributed by atoms with Crippen molar-refractivity contribution in [3.05, 3.63) is 89.8 Å². The van der Waals surface area contributed by atoms with E-state index >= 15 is 0 Å². The number of carboxylic acids is 1. The molecule has 3 aromatic rings. The molecule has 0 bridgehead atoms. The molecule has 0 spiro atoms. The molecule has 0 saturated heterocycles. The maximum Gasteiger partial charge on any atom is 0.324 e. The Kier molecular flexibility index (Phi) is 7.32. The van der Waals surface area contributed by atoms with Crippen LogP contribution in [0.5, 0.6) is 0 Å². The van der Waals surface area contributed by atoms with Crippen LogP contribution in [0.15, 0.2) is 77.3 Å². The maximum atomic E-state index is 12.0. The summed E-state index contributed by atoms with van der Waals surface area (Å²) >= 11 is 0. The molecule has 1 N–H and O–H groups in total. The largest absolute Gasteiger partial charge is 0.480 e. The molecule has 38 heavy (non-hydrogen) atoms. The molecule has 5 rings (SSSR count). The molecule has 198 valence electrons. The lowest BCUT2D eigenvalue weighted by Gasteiger charge is -2.36. The predicted octanol–water partition coefficient (Wildman–Crippen LogP) is 5.96. The Labute approximate surface area is 223 Å². The SMILES string of the molecule is COCC1(C)C=C(c2nc(-c3ccc(CN(C)C4(C(=O)O)CCCC4)cc3)no2)C=CC1c1ccccc1. The normalized spacial score (nSPS) is 22.5. The number of aromatic nitrogens is 2. The third kappa shape index (κ3) is 4.96. The molecule has 7 heteroatoms. The number of ether oxygens (including phenoxy) is 1. The van der Waals surface area contributed by atoms with Crippen LogP contribution >= 0.6 is 0 Å². The van der Waals surface area contributed by atoms with Crippen molar-refractivity contribution < 1.29 is 19.2 Å². The van der Waals surface area contributed by atoms with Gasteiger partial charge in [0, 0.05) is 36.1 Å². The van der Waals surface area contributed by atoms with E-state index in [-0.39, 0.29) is 11.3 Å². The monoisotopic (exact) mass is 513 g/mol. The van der Waals surface area contributed by atoms with Gasteiger partial charge in [-0.2, -0.15) is 4.98 Å². The van der Waals surface area contributed by atoms with Gasteiger partial charge in [0.1, 0.15) is 5.54 Å². The first-order valence-electron chi connectivity index (χ1n) is 13.2. The van der Waals surface area contributed by atoms with Crippen molar-refractivity contribution in [3.8, 4) is 11.4 Å². The number of hydrogen-bond donors (Lipinski definition) is 1. The van der Waals surface area contributed by atoms with Crippen LogP contribution in [-0.2, 0) is 16.1 Å². The topological polar surface area (TPSA) is 88.7 Å². The van der Waals surface area contributed by atoms with Crippen LogP contribution in [0, 0.1) is 5.41 Å². The van der Waals surface area contributed by atoms with E-state index in [4.69, 9.17) is 9.26 Å². The fourth-order valence-corrected chi connectivity index (χ4v) is 6.00. The first-order valence-corrected chi connectivity index (χ1v) is 13.2. The van der Waals surface area contributed by atoms with Crippen molar-refractivity contribution in [1.82, 2.24) is 15.0 Å². The van der Waals surface area contributed by atoms with E-state index in [0.717, 1.165) is 29.5 Å². The van der Waals surface area contributed by atoms with Crippen LogP contribution in [-0.4, -0.2) is 52.4 Å². The van der Waals surface area contributed by atoms with Crippen molar-refractivity contribution in [2.24, 2.45) is 5.41 Å². The average Bonchev–Trinajstić information content (AvgIpc) is 3.61. The van der Waals surface area contributed by atoms with E-state index < -0.39 is 11.5 Å². The number of nitrogens with zero attached hydrogens (tertiary/aromatic N) is 3. The summed E-state index contributed by atoms with van der Waals surface area (Å²) in [6.07, 6.45) is 9.72. The summed E-state index contributed by atoms with van der Waals surface area (Å²) in [5.74, 6) is 0.435. The Bertz CT molecular complexity index is 1320. The summed E-state index contributed by atoms with van der Waals surface area (Å²) in [5, 5.41) is 14.1. The molecule has 0 radical (unpaired) electrons. The van der Waals surface area contributed by atoms with E-state index in [0.29, 0.717) is 37.7 Å². The molecule has 2 unspecified atom stereocenters. The zero-order chi connectivity index (χ0) is 26.8. The van der Waals surface area contributed by atoms with Crippen LogP contribution in [0.25, 0.3) is 17.0 Å². The lowest BCUT2D eigenvalue weighted by atomic mass is 9.70. The number of rotatable bonds is 9. The lowest BCUT2D eigenvalue weighted by Crippen LogP contribution is -2.50. The van der Waals surface area contributed by atoms with Gasteiger partial charge in [-0.1, -0.05) is 97.7 Å². The van der Waals surface area contributed by atoms with E-state index in [1.807, 2.05) is 48.4 Å². The minimum Gasteiger partial charge on any atom is -0.480 e. The molecule has 1 heterocycles. The van der Waals surface area contributed by atoms with Crippen LogP contribution in [0.3, 0.4) is 0 Å². The molecule has 2 aliphatic carbocycles. The number of carboxylic acid groups (broad SMARTS) is 1. The number of allylic oxidation sites excluding steroid dienone is 3. The second kappa shape index (κ2) is 10.7. The van der Waals surface area contributed by atoms with Gasteiger partial charge < -0.3 is 14.4 Å². The van der Waals surface area contributed by atoms with Gasteiger partial charge in [0.15, 0.2) is 0 Å². The molecule has 0 aliphatic heterocycles. The zero-order valence-electron chi connectivity index (χ0n) is 22.3. The third-order valence-electron chi connectivity index (χ3n) is 8.14. The molecule has 2 aliphatic rings. The van der Waals surface area contributed by atoms with Crippen molar-refractivity contribution in [1.29, 1.82) is 0 Å². The van der Waals surface area contributed by atoms with Gasteiger partial charge in [-0.15, -0.1) is 0 Å². The molecule has 0 amide bonds. The number of aliphatic carboxylic acids is 1. The van der Waals surface area contributed by atoms with Gasteiger partial charge in [0.2, 0.25) is 5.82 Å². The van der Waals surface area contributed by atoms with Crippen LogP contribution < -0.4 is 0 Å². The summed E-state index contributed by atoms with van der Waals surface area (Å²) in [4.78, 5) is 18.7. The average molecular weight is 514 g/mol. The molecular formula is C31H35N3O4. The maximum absolute atomic E-state index is 12.0. The van der Waals surface area contributed by atoms with Gasteiger partial charge >= 0.3 is 5.97 Å². The quantitative estimate of drug-likeness (QED) is 0.378. The van der Waals surface area contributed by atoms with Gasteiger partial charge in [-0.25, -0.2) is 0 Å². The first-order chi connectivity index (χ1) is 18.3. The molecule has 1 fully saturated rings. The number of benzene rings is 2. The fraction of sp³-hybridized carbons (Fsp3) is 0.387. The fourth-order valence-electron chi connectivity index (χ4n) is 6.00. The van der Waals surface area contributed by atoms with E-state index in [2.05, 4.69) is 53.5 Å². The number of hydrogen-bond acceptors (Lipinski definition) is 6. The highest BCUT2D eigenvalue weighted by Gasteiger charge is 2.44. The van der Waals surface area contributed by atoms with E-state index in [9.17, 15) is 9.90 Å². The summed E-state index contributed by atoms with van der Waals surface area (Å²) in [6.45, 7) is 3.31. The highest BCUT2D eigenvalue weighted by Crippen LogP contribution is 2.44. The molecule has 1 saturated carbocycles. The van der Waals surface area contributed by atoms with Crippen LogP contribution in [0.1, 0.15) is 55.5 Å². The number of carbonyl (C=O) groups is 1.